The number of rotatable bonds is 6. The van der Waals surface area contributed by atoms with Gasteiger partial charge in [0.1, 0.15) is 5.82 Å². The molecule has 2 atom stereocenters. The van der Waals surface area contributed by atoms with Crippen LogP contribution in [-0.4, -0.2) is 41.8 Å². The number of hydrogen-bond acceptors (Lipinski definition) is 5. The van der Waals surface area contributed by atoms with Crippen molar-refractivity contribution in [1.29, 1.82) is 0 Å². The summed E-state index contributed by atoms with van der Waals surface area (Å²) in [7, 11) is 0. The average Bonchev–Trinajstić information content (AvgIpc) is 2.46. The van der Waals surface area contributed by atoms with Gasteiger partial charge < -0.3 is 15.8 Å². The van der Waals surface area contributed by atoms with E-state index < -0.39 is 0 Å². The Balaban J connectivity index is 2.02. The lowest BCUT2D eigenvalue weighted by molar-refractivity contribution is 0.0472. The molecule has 1 saturated heterocycles. The minimum Gasteiger partial charge on any atom is -0.383 e. The maximum atomic E-state index is 5.94. The highest BCUT2D eigenvalue weighted by Crippen LogP contribution is 2.19. The van der Waals surface area contributed by atoms with E-state index >= 15 is 0 Å². The Morgan fingerprint density at radius 2 is 2.53 bits per heavy atom. The van der Waals surface area contributed by atoms with Crippen molar-refractivity contribution < 1.29 is 4.74 Å². The second-order valence-corrected chi connectivity index (χ2v) is 5.95. The lowest BCUT2D eigenvalue weighted by Gasteiger charge is -2.31. The topological polar surface area (TPSA) is 60.2 Å². The molecule has 1 aliphatic rings. The molecule has 2 heterocycles. The van der Waals surface area contributed by atoms with Crippen LogP contribution in [0.5, 0.6) is 0 Å². The molecule has 2 unspecified atom stereocenters. The van der Waals surface area contributed by atoms with E-state index in [-0.39, 0.29) is 6.10 Å². The van der Waals surface area contributed by atoms with E-state index in [0.29, 0.717) is 11.9 Å². The summed E-state index contributed by atoms with van der Waals surface area (Å²) in [5, 5.41) is 3.59. The molecule has 3 N–H and O–H groups in total. The van der Waals surface area contributed by atoms with E-state index in [1.54, 1.807) is 6.20 Å². The fraction of sp³-hybridized carbons (Fsp3) is 0.643. The molecule has 0 aromatic carbocycles. The van der Waals surface area contributed by atoms with Crippen LogP contribution < -0.4 is 11.1 Å². The highest BCUT2D eigenvalue weighted by atomic mass is 32.2. The second kappa shape index (κ2) is 7.72. The number of nitrogens with zero attached hydrogens (tertiary/aromatic N) is 1. The van der Waals surface area contributed by atoms with E-state index in [9.17, 15) is 0 Å². The van der Waals surface area contributed by atoms with Crippen molar-refractivity contribution in [3.8, 4) is 0 Å². The van der Waals surface area contributed by atoms with Crippen LogP contribution in [0.2, 0.25) is 0 Å². The Bertz CT molecular complexity index is 383. The number of nitrogens with two attached hydrogens (primary N) is 1. The van der Waals surface area contributed by atoms with Gasteiger partial charge in [0.15, 0.2) is 0 Å². The Morgan fingerprint density at radius 3 is 3.21 bits per heavy atom. The van der Waals surface area contributed by atoms with Gasteiger partial charge in [-0.3, -0.25) is 0 Å². The molecule has 0 aliphatic carbocycles. The fourth-order valence-electron chi connectivity index (χ4n) is 2.26. The van der Waals surface area contributed by atoms with Crippen LogP contribution in [0.15, 0.2) is 18.3 Å². The molecule has 19 heavy (non-hydrogen) atoms. The Hall–Kier alpha value is -0.780. The molecule has 0 saturated carbocycles. The van der Waals surface area contributed by atoms with Crippen molar-refractivity contribution in [2.24, 2.45) is 0 Å². The van der Waals surface area contributed by atoms with E-state index in [1.165, 1.54) is 0 Å². The van der Waals surface area contributed by atoms with Gasteiger partial charge in [-0.15, -0.1) is 0 Å². The number of nitrogen functional groups attached to an aromatic ring is 1. The van der Waals surface area contributed by atoms with Crippen molar-refractivity contribution in [2.75, 3.05) is 30.4 Å². The molecule has 5 heteroatoms. The molecule has 1 aliphatic heterocycles. The molecule has 1 aromatic heterocycles. The number of anilines is 1. The molecule has 4 nitrogen and oxygen atoms in total. The normalized spacial score (nSPS) is 21.2. The lowest BCUT2D eigenvalue weighted by atomic mass is 10.0. The second-order valence-electron chi connectivity index (χ2n) is 4.80. The lowest BCUT2D eigenvalue weighted by Crippen LogP contribution is -2.46. The van der Waals surface area contributed by atoms with E-state index in [1.807, 2.05) is 17.8 Å². The molecule has 0 amide bonds. The van der Waals surface area contributed by atoms with Crippen LogP contribution in [0.1, 0.15) is 18.9 Å². The van der Waals surface area contributed by atoms with Crippen LogP contribution in [0.25, 0.3) is 0 Å². The van der Waals surface area contributed by atoms with Gasteiger partial charge in [-0.2, -0.15) is 11.8 Å². The zero-order valence-corrected chi connectivity index (χ0v) is 12.3. The molecule has 106 valence electrons. The summed E-state index contributed by atoms with van der Waals surface area (Å²) in [4.78, 5) is 4.16. The van der Waals surface area contributed by atoms with Gasteiger partial charge in [-0.25, -0.2) is 4.98 Å². The van der Waals surface area contributed by atoms with Gasteiger partial charge in [0.2, 0.25) is 0 Å². The molecule has 0 bridgehead atoms. The SMILES string of the molecule is CCCNC(Cc1cccnc1N)C1CSCCO1. The van der Waals surface area contributed by atoms with Gasteiger partial charge in [-0.1, -0.05) is 13.0 Å². The predicted octanol–water partition coefficient (Wildman–Crippen LogP) is 1.71. The fourth-order valence-corrected chi connectivity index (χ4v) is 3.21. The van der Waals surface area contributed by atoms with E-state index in [4.69, 9.17) is 10.5 Å². The molecular weight excluding hydrogens is 258 g/mol. The molecule has 0 radical (unpaired) electrons. The summed E-state index contributed by atoms with van der Waals surface area (Å²) in [6.07, 6.45) is 4.01. The third-order valence-corrected chi connectivity index (χ3v) is 4.33. The number of aromatic nitrogens is 1. The van der Waals surface area contributed by atoms with Crippen LogP contribution in [0, 0.1) is 0 Å². The third kappa shape index (κ3) is 4.37. The minimum atomic E-state index is 0.268. The molecule has 1 aromatic rings. The van der Waals surface area contributed by atoms with Gasteiger partial charge in [0, 0.05) is 23.7 Å². The first kappa shape index (κ1) is 14.6. The summed E-state index contributed by atoms with van der Waals surface area (Å²) in [5.41, 5.74) is 7.05. The monoisotopic (exact) mass is 281 g/mol. The summed E-state index contributed by atoms with van der Waals surface area (Å²) >= 11 is 1.97. The molecule has 1 fully saturated rings. The van der Waals surface area contributed by atoms with E-state index in [2.05, 4.69) is 23.3 Å². The number of ether oxygens (including phenoxy) is 1. The third-order valence-electron chi connectivity index (χ3n) is 3.31. The minimum absolute atomic E-state index is 0.268. The van der Waals surface area contributed by atoms with Crippen LogP contribution >= 0.6 is 11.8 Å². The van der Waals surface area contributed by atoms with Crippen molar-refractivity contribution in [2.45, 2.75) is 31.9 Å². The maximum Gasteiger partial charge on any atom is 0.126 e. The summed E-state index contributed by atoms with van der Waals surface area (Å²) in [6, 6.07) is 4.32. The van der Waals surface area contributed by atoms with E-state index in [0.717, 1.165) is 43.1 Å². The molecule has 0 spiro atoms. The van der Waals surface area contributed by atoms with Crippen molar-refractivity contribution in [1.82, 2.24) is 10.3 Å². The maximum absolute atomic E-state index is 5.94. The van der Waals surface area contributed by atoms with Crippen LogP contribution in [0.3, 0.4) is 0 Å². The van der Waals surface area contributed by atoms with Crippen molar-refractivity contribution >= 4 is 17.6 Å². The van der Waals surface area contributed by atoms with Crippen LogP contribution in [0.4, 0.5) is 5.82 Å². The number of nitrogens with one attached hydrogen (secondary N) is 1. The van der Waals surface area contributed by atoms with Crippen molar-refractivity contribution in [3.63, 3.8) is 0 Å². The van der Waals surface area contributed by atoms with Crippen LogP contribution in [-0.2, 0) is 11.2 Å². The first-order chi connectivity index (χ1) is 9.31. The Morgan fingerprint density at radius 1 is 1.63 bits per heavy atom. The van der Waals surface area contributed by atoms with Gasteiger partial charge in [0.05, 0.1) is 12.7 Å². The van der Waals surface area contributed by atoms with Gasteiger partial charge in [-0.05, 0) is 31.0 Å². The smallest absolute Gasteiger partial charge is 0.126 e. The largest absolute Gasteiger partial charge is 0.383 e. The standard InChI is InChI=1S/C14H23N3OS/c1-2-5-16-12(13-10-19-8-7-18-13)9-11-4-3-6-17-14(11)15/h3-4,6,12-13,16H,2,5,7-10H2,1H3,(H2,15,17). The quantitative estimate of drug-likeness (QED) is 0.831. The zero-order valence-electron chi connectivity index (χ0n) is 11.5. The molecular formula is C14H23N3OS. The number of pyridine rings is 1. The summed E-state index contributed by atoms with van der Waals surface area (Å²) < 4.78 is 5.90. The highest BCUT2D eigenvalue weighted by Gasteiger charge is 2.25. The van der Waals surface area contributed by atoms with Crippen molar-refractivity contribution in [3.05, 3.63) is 23.9 Å². The summed E-state index contributed by atoms with van der Waals surface area (Å²) in [5.74, 6) is 2.79. The number of thioether (sulfide) groups is 1. The molecule has 2 rings (SSSR count). The first-order valence-corrected chi connectivity index (χ1v) is 8.08. The van der Waals surface area contributed by atoms with Gasteiger partial charge in [0.25, 0.3) is 0 Å². The first-order valence-electron chi connectivity index (χ1n) is 6.93. The average molecular weight is 281 g/mol. The highest BCUT2D eigenvalue weighted by molar-refractivity contribution is 7.99. The summed E-state index contributed by atoms with van der Waals surface area (Å²) in [6.45, 7) is 4.04. The zero-order chi connectivity index (χ0) is 13.5. The van der Waals surface area contributed by atoms with Gasteiger partial charge >= 0.3 is 0 Å². The predicted molar refractivity (Wildman–Crippen MR) is 81.5 cm³/mol. The number of hydrogen-bond donors (Lipinski definition) is 2. The Labute approximate surface area is 119 Å². The Kier molecular flexibility index (Phi) is 5.94.